The van der Waals surface area contributed by atoms with Gasteiger partial charge in [0.05, 0.1) is 0 Å². The summed E-state index contributed by atoms with van der Waals surface area (Å²) < 4.78 is 5.44. The first kappa shape index (κ1) is 13.2. The molecule has 0 atom stereocenters. The molecule has 18 heavy (non-hydrogen) atoms. The highest BCUT2D eigenvalue weighted by Crippen LogP contribution is 2.15. The minimum atomic E-state index is 0.0399. The number of likely N-dealkylation sites (N-methyl/N-ethyl adjacent to an activating group) is 1. The Kier molecular flexibility index (Phi) is 4.44. The van der Waals surface area contributed by atoms with Crippen LogP contribution in [0, 0.1) is 0 Å². The van der Waals surface area contributed by atoms with Gasteiger partial charge >= 0.3 is 0 Å². The average molecular weight is 269 g/mol. The second-order valence-corrected chi connectivity index (χ2v) is 4.86. The zero-order valence-electron chi connectivity index (χ0n) is 10.4. The van der Waals surface area contributed by atoms with Gasteiger partial charge in [-0.2, -0.15) is 0 Å². The summed E-state index contributed by atoms with van der Waals surface area (Å²) in [5.74, 6) is 0.708. The van der Waals surface area contributed by atoms with Crippen molar-refractivity contribution in [3.63, 3.8) is 0 Å². The number of halogens is 1. The molecule has 0 bridgehead atoms. The summed E-state index contributed by atoms with van der Waals surface area (Å²) in [6, 6.07) is 7.02. The zero-order chi connectivity index (χ0) is 13.0. The van der Waals surface area contributed by atoms with Crippen molar-refractivity contribution in [3.8, 4) is 5.75 Å². The van der Waals surface area contributed by atoms with Crippen molar-refractivity contribution in [2.75, 3.05) is 39.8 Å². The first-order valence-corrected chi connectivity index (χ1v) is 6.37. The molecule has 1 aliphatic heterocycles. The molecule has 1 fully saturated rings. The van der Waals surface area contributed by atoms with Gasteiger partial charge in [0, 0.05) is 31.2 Å². The highest BCUT2D eigenvalue weighted by molar-refractivity contribution is 6.30. The number of hydrogen-bond acceptors (Lipinski definition) is 3. The van der Waals surface area contributed by atoms with Crippen LogP contribution in [0.4, 0.5) is 0 Å². The summed E-state index contributed by atoms with van der Waals surface area (Å²) in [5, 5.41) is 0.660. The number of ether oxygens (including phenoxy) is 1. The van der Waals surface area contributed by atoms with E-state index in [1.165, 1.54) is 0 Å². The maximum Gasteiger partial charge on any atom is 0.260 e. The lowest BCUT2D eigenvalue weighted by atomic mass is 10.3. The summed E-state index contributed by atoms with van der Waals surface area (Å²) in [4.78, 5) is 16.0. The summed E-state index contributed by atoms with van der Waals surface area (Å²) in [7, 11) is 2.06. The van der Waals surface area contributed by atoms with Crippen LogP contribution in [-0.4, -0.2) is 55.5 Å². The van der Waals surface area contributed by atoms with Gasteiger partial charge in [0.1, 0.15) is 5.75 Å². The number of carbonyl (C=O) groups is 1. The summed E-state index contributed by atoms with van der Waals surface area (Å²) in [6.07, 6.45) is 0. The number of carbonyl (C=O) groups excluding carboxylic acids is 1. The number of rotatable bonds is 3. The van der Waals surface area contributed by atoms with Crippen molar-refractivity contribution in [1.82, 2.24) is 9.80 Å². The molecule has 0 N–H and O–H groups in total. The lowest BCUT2D eigenvalue weighted by molar-refractivity contribution is -0.134. The standard InChI is InChI=1S/C13H17ClN2O2/c1-15-6-8-16(9-7-15)13(17)10-18-12-4-2-11(14)3-5-12/h2-5H,6-10H2,1H3. The van der Waals surface area contributed by atoms with E-state index in [4.69, 9.17) is 16.3 Å². The number of benzene rings is 1. The van der Waals surface area contributed by atoms with Crippen molar-refractivity contribution in [2.45, 2.75) is 0 Å². The summed E-state index contributed by atoms with van der Waals surface area (Å²) in [6.45, 7) is 3.49. The van der Waals surface area contributed by atoms with Gasteiger partial charge in [-0.05, 0) is 31.3 Å². The van der Waals surface area contributed by atoms with Crippen LogP contribution in [0.5, 0.6) is 5.75 Å². The third-order valence-corrected chi connectivity index (χ3v) is 3.28. The van der Waals surface area contributed by atoms with E-state index >= 15 is 0 Å². The van der Waals surface area contributed by atoms with Gasteiger partial charge in [0.15, 0.2) is 6.61 Å². The third kappa shape index (κ3) is 3.62. The smallest absolute Gasteiger partial charge is 0.260 e. The Morgan fingerprint density at radius 3 is 2.44 bits per heavy atom. The molecule has 0 aromatic heterocycles. The molecule has 0 unspecified atom stereocenters. The molecule has 0 saturated carbocycles. The quantitative estimate of drug-likeness (QED) is 0.833. The Bertz CT molecular complexity index is 400. The first-order chi connectivity index (χ1) is 8.65. The monoisotopic (exact) mass is 268 g/mol. The Balaban J connectivity index is 1.79. The van der Waals surface area contributed by atoms with Gasteiger partial charge in [-0.1, -0.05) is 11.6 Å². The van der Waals surface area contributed by atoms with E-state index in [-0.39, 0.29) is 12.5 Å². The normalized spacial score (nSPS) is 16.7. The van der Waals surface area contributed by atoms with Crippen molar-refractivity contribution < 1.29 is 9.53 Å². The van der Waals surface area contributed by atoms with E-state index in [9.17, 15) is 4.79 Å². The van der Waals surface area contributed by atoms with Gasteiger partial charge in [-0.15, -0.1) is 0 Å². The minimum absolute atomic E-state index is 0.0399. The highest BCUT2D eigenvalue weighted by atomic mass is 35.5. The van der Waals surface area contributed by atoms with E-state index in [0.717, 1.165) is 26.2 Å². The van der Waals surface area contributed by atoms with Crippen LogP contribution in [0.15, 0.2) is 24.3 Å². The molecule has 1 aliphatic rings. The predicted molar refractivity (Wildman–Crippen MR) is 71.0 cm³/mol. The Hall–Kier alpha value is -1.26. The van der Waals surface area contributed by atoms with Crippen LogP contribution in [0.2, 0.25) is 5.02 Å². The van der Waals surface area contributed by atoms with Crippen molar-refractivity contribution in [3.05, 3.63) is 29.3 Å². The lowest BCUT2D eigenvalue weighted by Gasteiger charge is -2.32. The van der Waals surface area contributed by atoms with E-state index in [1.807, 2.05) is 4.90 Å². The molecule has 1 aromatic rings. The van der Waals surface area contributed by atoms with Gasteiger partial charge in [-0.3, -0.25) is 4.79 Å². The van der Waals surface area contributed by atoms with Gasteiger partial charge in [0.25, 0.3) is 5.91 Å². The SMILES string of the molecule is CN1CCN(C(=O)COc2ccc(Cl)cc2)CC1. The van der Waals surface area contributed by atoms with Gasteiger partial charge < -0.3 is 14.5 Å². The van der Waals surface area contributed by atoms with Crippen LogP contribution in [0.3, 0.4) is 0 Å². The maximum absolute atomic E-state index is 11.9. The van der Waals surface area contributed by atoms with Crippen molar-refractivity contribution >= 4 is 17.5 Å². The molecule has 2 rings (SSSR count). The predicted octanol–water partition coefficient (Wildman–Crippen LogP) is 1.49. The number of amides is 1. The first-order valence-electron chi connectivity index (χ1n) is 6.00. The molecular weight excluding hydrogens is 252 g/mol. The zero-order valence-corrected chi connectivity index (χ0v) is 11.2. The van der Waals surface area contributed by atoms with E-state index < -0.39 is 0 Å². The Morgan fingerprint density at radius 2 is 1.83 bits per heavy atom. The Labute approximate surface area is 112 Å². The van der Waals surface area contributed by atoms with E-state index in [2.05, 4.69) is 11.9 Å². The van der Waals surface area contributed by atoms with E-state index in [1.54, 1.807) is 24.3 Å². The van der Waals surface area contributed by atoms with Crippen LogP contribution < -0.4 is 4.74 Å². The third-order valence-electron chi connectivity index (χ3n) is 3.03. The van der Waals surface area contributed by atoms with Crippen molar-refractivity contribution in [1.29, 1.82) is 0 Å². The molecule has 1 amide bonds. The van der Waals surface area contributed by atoms with Crippen LogP contribution >= 0.6 is 11.6 Å². The summed E-state index contributed by atoms with van der Waals surface area (Å²) in [5.41, 5.74) is 0. The molecule has 0 spiro atoms. The topological polar surface area (TPSA) is 32.8 Å². The number of nitrogens with zero attached hydrogens (tertiary/aromatic N) is 2. The molecule has 98 valence electrons. The fraction of sp³-hybridized carbons (Fsp3) is 0.462. The number of hydrogen-bond donors (Lipinski definition) is 0. The fourth-order valence-corrected chi connectivity index (χ4v) is 1.95. The molecular formula is C13H17ClN2O2. The summed E-state index contributed by atoms with van der Waals surface area (Å²) >= 11 is 5.77. The minimum Gasteiger partial charge on any atom is -0.484 e. The van der Waals surface area contributed by atoms with Crippen LogP contribution in [0.1, 0.15) is 0 Å². The van der Waals surface area contributed by atoms with Crippen molar-refractivity contribution in [2.24, 2.45) is 0 Å². The van der Waals surface area contributed by atoms with E-state index in [0.29, 0.717) is 10.8 Å². The maximum atomic E-state index is 11.9. The average Bonchev–Trinajstić information content (AvgIpc) is 2.38. The highest BCUT2D eigenvalue weighted by Gasteiger charge is 2.19. The Morgan fingerprint density at radius 1 is 1.22 bits per heavy atom. The molecule has 1 saturated heterocycles. The van der Waals surface area contributed by atoms with Gasteiger partial charge in [-0.25, -0.2) is 0 Å². The van der Waals surface area contributed by atoms with Crippen LogP contribution in [-0.2, 0) is 4.79 Å². The van der Waals surface area contributed by atoms with Crippen LogP contribution in [0.25, 0.3) is 0 Å². The number of piperazine rings is 1. The fourth-order valence-electron chi connectivity index (χ4n) is 1.82. The molecule has 4 nitrogen and oxygen atoms in total. The molecule has 1 heterocycles. The molecule has 0 aliphatic carbocycles. The molecule has 0 radical (unpaired) electrons. The second kappa shape index (κ2) is 6.07. The largest absolute Gasteiger partial charge is 0.484 e. The second-order valence-electron chi connectivity index (χ2n) is 4.43. The molecule has 5 heteroatoms. The van der Waals surface area contributed by atoms with Gasteiger partial charge in [0.2, 0.25) is 0 Å². The lowest BCUT2D eigenvalue weighted by Crippen LogP contribution is -2.48. The molecule has 1 aromatic carbocycles.